The van der Waals surface area contributed by atoms with Crippen LogP contribution in [0, 0.1) is 0 Å². The Kier molecular flexibility index (Phi) is 4.33. The highest BCUT2D eigenvalue weighted by Crippen LogP contribution is 2.28. The fourth-order valence-electron chi connectivity index (χ4n) is 1.25. The summed E-state index contributed by atoms with van der Waals surface area (Å²) in [5.74, 6) is -4.07. The average Bonchev–Trinajstić information content (AvgIpc) is 2.25. The molecule has 3 nitrogen and oxygen atoms in total. The maximum absolute atomic E-state index is 12.6. The Balaban J connectivity index is 2.71. The number of aryl methyl sites for hydroxylation is 1. The maximum atomic E-state index is 12.6. The van der Waals surface area contributed by atoms with E-state index in [-0.39, 0.29) is 16.9 Å². The number of alkyl halides is 4. The lowest BCUT2D eigenvalue weighted by atomic mass is 10.1. The van der Waals surface area contributed by atoms with E-state index in [9.17, 15) is 26.0 Å². The largest absolute Gasteiger partial charge is 0.307 e. The van der Waals surface area contributed by atoms with E-state index in [1.54, 1.807) is 0 Å². The van der Waals surface area contributed by atoms with E-state index in [0.717, 1.165) is 12.1 Å². The Hall–Kier alpha value is -1.15. The summed E-state index contributed by atoms with van der Waals surface area (Å²) in [6, 6.07) is 4.41. The van der Waals surface area contributed by atoms with Gasteiger partial charge in [0.15, 0.2) is 0 Å². The molecule has 1 aromatic rings. The van der Waals surface area contributed by atoms with Crippen molar-refractivity contribution in [3.8, 4) is 0 Å². The van der Waals surface area contributed by atoms with E-state index >= 15 is 0 Å². The predicted molar refractivity (Wildman–Crippen MR) is 55.5 cm³/mol. The number of halogens is 4. The molecule has 0 spiro atoms. The summed E-state index contributed by atoms with van der Waals surface area (Å²) in [5, 5.41) is 0. The van der Waals surface area contributed by atoms with Crippen LogP contribution in [0.5, 0.6) is 0 Å². The third-order valence-corrected chi connectivity index (χ3v) is 3.16. The lowest BCUT2D eigenvalue weighted by Gasteiger charge is -2.14. The lowest BCUT2D eigenvalue weighted by Crippen LogP contribution is -2.26. The molecule has 0 atom stereocenters. The Morgan fingerprint density at radius 2 is 1.67 bits per heavy atom. The summed E-state index contributed by atoms with van der Waals surface area (Å²) >= 11 is 0. The zero-order chi connectivity index (χ0) is 14.0. The minimum Gasteiger partial charge on any atom is -0.282 e. The summed E-state index contributed by atoms with van der Waals surface area (Å²) in [6.07, 6.45) is -5.08. The highest BCUT2D eigenvalue weighted by molar-refractivity contribution is 7.85. The van der Waals surface area contributed by atoms with Gasteiger partial charge in [0.25, 0.3) is 10.1 Å². The highest BCUT2D eigenvalue weighted by Gasteiger charge is 2.39. The van der Waals surface area contributed by atoms with Crippen molar-refractivity contribution in [3.63, 3.8) is 0 Å². The second kappa shape index (κ2) is 5.23. The van der Waals surface area contributed by atoms with E-state index in [4.69, 9.17) is 4.55 Å². The molecule has 8 heteroatoms. The second-order valence-electron chi connectivity index (χ2n) is 3.68. The topological polar surface area (TPSA) is 54.4 Å². The van der Waals surface area contributed by atoms with Gasteiger partial charge in [-0.2, -0.15) is 8.42 Å². The highest BCUT2D eigenvalue weighted by atomic mass is 32.2. The molecule has 0 fully saturated rings. The number of benzene rings is 1. The van der Waals surface area contributed by atoms with Crippen molar-refractivity contribution < 1.29 is 30.5 Å². The van der Waals surface area contributed by atoms with Gasteiger partial charge in [0.2, 0.25) is 0 Å². The minimum absolute atomic E-state index is 0.280. The van der Waals surface area contributed by atoms with E-state index in [1.165, 1.54) is 12.1 Å². The van der Waals surface area contributed by atoms with Crippen molar-refractivity contribution in [1.29, 1.82) is 0 Å². The molecule has 0 aliphatic rings. The quantitative estimate of drug-likeness (QED) is 0.669. The first-order valence-corrected chi connectivity index (χ1v) is 6.29. The Bertz CT molecular complexity index is 496. The normalized spacial score (nSPS) is 13.0. The molecule has 0 saturated heterocycles. The first kappa shape index (κ1) is 14.9. The molecule has 0 heterocycles. The van der Waals surface area contributed by atoms with Crippen LogP contribution in [0.15, 0.2) is 29.2 Å². The SMILES string of the molecule is O=S(=O)(O)c1ccc(CCC(F)(F)C(F)F)cc1. The molecule has 18 heavy (non-hydrogen) atoms. The molecule has 0 aliphatic heterocycles. The number of hydrogen-bond acceptors (Lipinski definition) is 2. The van der Waals surface area contributed by atoms with Crippen LogP contribution in [0.25, 0.3) is 0 Å². The predicted octanol–water partition coefficient (Wildman–Crippen LogP) is 2.77. The van der Waals surface area contributed by atoms with Crippen LogP contribution in [-0.4, -0.2) is 25.3 Å². The van der Waals surface area contributed by atoms with Crippen molar-refractivity contribution in [2.24, 2.45) is 0 Å². The summed E-state index contributed by atoms with van der Waals surface area (Å²) in [6.45, 7) is 0. The van der Waals surface area contributed by atoms with Gasteiger partial charge < -0.3 is 0 Å². The van der Waals surface area contributed by atoms with Crippen LogP contribution in [-0.2, 0) is 16.5 Å². The van der Waals surface area contributed by atoms with Crippen molar-refractivity contribution >= 4 is 10.1 Å². The molecule has 0 saturated carbocycles. The van der Waals surface area contributed by atoms with Crippen LogP contribution in [0.1, 0.15) is 12.0 Å². The molecule has 0 bridgehead atoms. The van der Waals surface area contributed by atoms with E-state index in [0.29, 0.717) is 0 Å². The molecule has 102 valence electrons. The number of hydrogen-bond donors (Lipinski definition) is 1. The van der Waals surface area contributed by atoms with Gasteiger partial charge in [0.1, 0.15) is 0 Å². The fourth-order valence-corrected chi connectivity index (χ4v) is 1.73. The van der Waals surface area contributed by atoms with Crippen LogP contribution < -0.4 is 0 Å². The van der Waals surface area contributed by atoms with Crippen molar-refractivity contribution in [1.82, 2.24) is 0 Å². The van der Waals surface area contributed by atoms with Gasteiger partial charge in [-0.15, -0.1) is 0 Å². The molecule has 0 unspecified atom stereocenters. The third-order valence-electron chi connectivity index (χ3n) is 2.29. The summed E-state index contributed by atoms with van der Waals surface area (Å²) < 4.78 is 79.0. The Morgan fingerprint density at radius 1 is 1.17 bits per heavy atom. The van der Waals surface area contributed by atoms with Crippen molar-refractivity contribution in [2.75, 3.05) is 0 Å². The van der Waals surface area contributed by atoms with Gasteiger partial charge in [-0.3, -0.25) is 4.55 Å². The first-order chi connectivity index (χ1) is 8.13. The zero-order valence-electron chi connectivity index (χ0n) is 8.98. The molecule has 0 aliphatic carbocycles. The Morgan fingerprint density at radius 3 is 2.06 bits per heavy atom. The van der Waals surface area contributed by atoms with Gasteiger partial charge in [0.05, 0.1) is 4.90 Å². The summed E-state index contributed by atoms with van der Waals surface area (Å²) in [4.78, 5) is -0.383. The standard InChI is InChI=1S/C10H10F4O3S/c11-9(12)10(13,14)6-5-7-1-3-8(4-2-7)18(15,16)17/h1-4,9H,5-6H2,(H,15,16,17). The molecule has 1 aromatic carbocycles. The van der Waals surface area contributed by atoms with Crippen LogP contribution in [0.2, 0.25) is 0 Å². The van der Waals surface area contributed by atoms with Gasteiger partial charge >= 0.3 is 12.3 Å². The first-order valence-electron chi connectivity index (χ1n) is 4.85. The molecule has 0 radical (unpaired) electrons. The fraction of sp³-hybridized carbons (Fsp3) is 0.400. The smallest absolute Gasteiger partial charge is 0.282 e. The van der Waals surface area contributed by atoms with Gasteiger partial charge in [-0.25, -0.2) is 17.6 Å². The van der Waals surface area contributed by atoms with Crippen molar-refractivity contribution in [2.45, 2.75) is 30.1 Å². The van der Waals surface area contributed by atoms with E-state index in [2.05, 4.69) is 0 Å². The third kappa shape index (κ3) is 3.95. The molecular formula is C10H10F4O3S. The van der Waals surface area contributed by atoms with Crippen LogP contribution in [0.3, 0.4) is 0 Å². The Labute approximate surface area is 101 Å². The summed E-state index contributed by atoms with van der Waals surface area (Å²) in [7, 11) is -4.34. The van der Waals surface area contributed by atoms with E-state index in [1.807, 2.05) is 0 Å². The molecule has 0 amide bonds. The maximum Gasteiger partial charge on any atom is 0.307 e. The second-order valence-corrected chi connectivity index (χ2v) is 5.10. The molecule has 1 N–H and O–H groups in total. The van der Waals surface area contributed by atoms with Gasteiger partial charge in [0, 0.05) is 6.42 Å². The van der Waals surface area contributed by atoms with E-state index < -0.39 is 28.9 Å². The molecule has 0 aromatic heterocycles. The van der Waals surface area contributed by atoms with Crippen LogP contribution in [0.4, 0.5) is 17.6 Å². The van der Waals surface area contributed by atoms with Crippen LogP contribution >= 0.6 is 0 Å². The lowest BCUT2D eigenvalue weighted by molar-refractivity contribution is -0.132. The minimum atomic E-state index is -4.34. The zero-order valence-corrected chi connectivity index (χ0v) is 9.80. The van der Waals surface area contributed by atoms with Gasteiger partial charge in [-0.05, 0) is 24.1 Å². The molecular weight excluding hydrogens is 276 g/mol. The number of rotatable bonds is 5. The monoisotopic (exact) mass is 286 g/mol. The summed E-state index contributed by atoms with van der Waals surface area (Å²) in [5.41, 5.74) is 0.280. The van der Waals surface area contributed by atoms with Crippen molar-refractivity contribution in [3.05, 3.63) is 29.8 Å². The molecule has 1 rings (SSSR count). The average molecular weight is 286 g/mol. The van der Waals surface area contributed by atoms with Gasteiger partial charge in [-0.1, -0.05) is 12.1 Å².